The van der Waals surface area contributed by atoms with Gasteiger partial charge in [0.2, 0.25) is 0 Å². The highest BCUT2D eigenvalue weighted by molar-refractivity contribution is 7.97. The van der Waals surface area contributed by atoms with Gasteiger partial charge in [0.15, 0.2) is 0 Å². The third-order valence-electron chi connectivity index (χ3n) is 2.49. The average Bonchev–Trinajstić information content (AvgIpc) is 2.96. The van der Waals surface area contributed by atoms with Crippen LogP contribution < -0.4 is 0 Å². The van der Waals surface area contributed by atoms with Gasteiger partial charge in [0, 0.05) is 18.1 Å². The first kappa shape index (κ1) is 10.5. The second-order valence-corrected chi connectivity index (χ2v) is 4.76. The normalized spacial score (nSPS) is 11.1. The van der Waals surface area contributed by atoms with Crippen molar-refractivity contribution < 1.29 is 4.42 Å². The molecule has 0 saturated carbocycles. The van der Waals surface area contributed by atoms with E-state index in [-0.39, 0.29) is 0 Å². The van der Waals surface area contributed by atoms with Crippen LogP contribution in [0.15, 0.2) is 53.4 Å². The van der Waals surface area contributed by atoms with Crippen molar-refractivity contribution in [1.82, 2.24) is 9.38 Å². The summed E-state index contributed by atoms with van der Waals surface area (Å²) in [5, 5.41) is 0. The first-order chi connectivity index (χ1) is 8.42. The van der Waals surface area contributed by atoms with E-state index in [9.17, 15) is 0 Å². The van der Waals surface area contributed by atoms with E-state index >= 15 is 0 Å². The topological polar surface area (TPSA) is 30.4 Å². The molecule has 0 atom stereocenters. The molecule has 0 aliphatic heterocycles. The third kappa shape index (κ3) is 2.36. The molecule has 3 aromatic heterocycles. The molecule has 0 unspecified atom stereocenters. The lowest BCUT2D eigenvalue weighted by Crippen LogP contribution is -1.81. The van der Waals surface area contributed by atoms with Gasteiger partial charge in [-0.05, 0) is 24.3 Å². The van der Waals surface area contributed by atoms with Gasteiger partial charge in [-0.15, -0.1) is 11.8 Å². The van der Waals surface area contributed by atoms with Gasteiger partial charge in [-0.2, -0.15) is 0 Å². The van der Waals surface area contributed by atoms with E-state index in [0.29, 0.717) is 0 Å². The van der Waals surface area contributed by atoms with Crippen LogP contribution in [0.25, 0.3) is 5.65 Å². The van der Waals surface area contributed by atoms with Crippen molar-refractivity contribution in [1.29, 1.82) is 0 Å². The number of hydrogen-bond acceptors (Lipinski definition) is 3. The summed E-state index contributed by atoms with van der Waals surface area (Å²) in [6.07, 6.45) is 5.80. The lowest BCUT2D eigenvalue weighted by atomic mass is 10.5. The molecule has 0 aliphatic carbocycles. The second kappa shape index (κ2) is 4.67. The van der Waals surface area contributed by atoms with Crippen molar-refractivity contribution >= 4 is 17.4 Å². The van der Waals surface area contributed by atoms with Gasteiger partial charge in [0.25, 0.3) is 0 Å². The Balaban J connectivity index is 1.65. The Kier molecular flexibility index (Phi) is 2.88. The Morgan fingerprint density at radius 3 is 3.00 bits per heavy atom. The highest BCUT2D eigenvalue weighted by atomic mass is 32.2. The fraction of sp³-hybridized carbons (Fsp3) is 0.154. The Hall–Kier alpha value is -1.68. The number of aromatic nitrogens is 2. The summed E-state index contributed by atoms with van der Waals surface area (Å²) >= 11 is 1.81. The molecule has 0 aliphatic rings. The van der Waals surface area contributed by atoms with Crippen molar-refractivity contribution in [3.63, 3.8) is 0 Å². The van der Waals surface area contributed by atoms with Crippen molar-refractivity contribution in [3.8, 4) is 0 Å². The van der Waals surface area contributed by atoms with E-state index < -0.39 is 0 Å². The Morgan fingerprint density at radius 2 is 2.18 bits per heavy atom. The monoisotopic (exact) mass is 244 g/mol. The second-order valence-electron chi connectivity index (χ2n) is 3.77. The van der Waals surface area contributed by atoms with Gasteiger partial charge in [0.1, 0.15) is 11.4 Å². The maximum atomic E-state index is 5.28. The molecule has 0 aromatic carbocycles. The van der Waals surface area contributed by atoms with Crippen molar-refractivity contribution in [2.75, 3.05) is 0 Å². The van der Waals surface area contributed by atoms with Gasteiger partial charge < -0.3 is 8.82 Å². The van der Waals surface area contributed by atoms with Crippen molar-refractivity contribution in [2.24, 2.45) is 0 Å². The molecule has 3 rings (SSSR count). The zero-order valence-corrected chi connectivity index (χ0v) is 10.1. The Labute approximate surface area is 103 Å². The van der Waals surface area contributed by atoms with Crippen LogP contribution in [0.2, 0.25) is 0 Å². The summed E-state index contributed by atoms with van der Waals surface area (Å²) in [5.74, 6) is 2.81. The average molecular weight is 244 g/mol. The molecule has 17 heavy (non-hydrogen) atoms. The molecular formula is C13H12N2OS. The fourth-order valence-corrected chi connectivity index (χ4v) is 2.52. The zero-order chi connectivity index (χ0) is 11.5. The largest absolute Gasteiger partial charge is 0.468 e. The number of rotatable bonds is 4. The van der Waals surface area contributed by atoms with Gasteiger partial charge >= 0.3 is 0 Å². The molecule has 3 aromatic rings. The highest BCUT2D eigenvalue weighted by Gasteiger charge is 2.02. The van der Waals surface area contributed by atoms with Gasteiger partial charge in [0.05, 0.1) is 17.7 Å². The molecule has 0 saturated heterocycles. The molecule has 0 radical (unpaired) electrons. The van der Waals surface area contributed by atoms with Crippen LogP contribution >= 0.6 is 11.8 Å². The predicted octanol–water partition coefficient (Wildman–Crippen LogP) is 3.36. The van der Waals surface area contributed by atoms with Gasteiger partial charge in [-0.25, -0.2) is 4.98 Å². The van der Waals surface area contributed by atoms with E-state index in [1.54, 1.807) is 6.26 Å². The van der Waals surface area contributed by atoms with E-state index in [4.69, 9.17) is 4.42 Å². The molecule has 0 fully saturated rings. The Morgan fingerprint density at radius 1 is 1.18 bits per heavy atom. The predicted molar refractivity (Wildman–Crippen MR) is 68.9 cm³/mol. The molecular weight excluding hydrogens is 232 g/mol. The summed E-state index contributed by atoms with van der Waals surface area (Å²) in [4.78, 5) is 4.54. The van der Waals surface area contributed by atoms with Crippen LogP contribution in [-0.4, -0.2) is 9.38 Å². The molecule has 0 bridgehead atoms. The summed E-state index contributed by atoms with van der Waals surface area (Å²) in [6, 6.07) is 9.94. The SMILES string of the molecule is c1coc(CSCc2cn3ccccc3n2)c1. The van der Waals surface area contributed by atoms with E-state index in [2.05, 4.69) is 11.2 Å². The number of thioether (sulfide) groups is 1. The minimum absolute atomic E-state index is 0.890. The number of nitrogens with zero attached hydrogens (tertiary/aromatic N) is 2. The molecule has 0 amide bonds. The number of furan rings is 1. The first-order valence-electron chi connectivity index (χ1n) is 5.44. The summed E-state index contributed by atoms with van der Waals surface area (Å²) in [6.45, 7) is 0. The maximum Gasteiger partial charge on any atom is 0.137 e. The molecule has 86 valence electrons. The van der Waals surface area contributed by atoms with E-state index in [1.165, 1.54) is 0 Å². The van der Waals surface area contributed by atoms with Crippen LogP contribution in [-0.2, 0) is 11.5 Å². The third-order valence-corrected chi connectivity index (χ3v) is 3.48. The number of hydrogen-bond donors (Lipinski definition) is 0. The molecule has 0 N–H and O–H groups in total. The Bertz CT molecular complexity index is 568. The van der Waals surface area contributed by atoms with Gasteiger partial charge in [-0.3, -0.25) is 0 Å². The number of pyridine rings is 1. The standard InChI is InChI=1S/C13H12N2OS/c1-2-6-15-8-11(14-13(15)5-1)9-17-10-12-4-3-7-16-12/h1-8H,9-10H2. The minimum Gasteiger partial charge on any atom is -0.468 e. The van der Waals surface area contributed by atoms with Crippen LogP contribution in [0.4, 0.5) is 0 Å². The van der Waals surface area contributed by atoms with Crippen LogP contribution in [0.1, 0.15) is 11.5 Å². The van der Waals surface area contributed by atoms with Crippen molar-refractivity contribution in [3.05, 3.63) is 60.4 Å². The lowest BCUT2D eigenvalue weighted by molar-refractivity contribution is 0.530. The molecule has 4 heteroatoms. The van der Waals surface area contributed by atoms with E-state index in [1.807, 2.05) is 52.7 Å². The molecule has 3 nitrogen and oxygen atoms in total. The van der Waals surface area contributed by atoms with Crippen LogP contribution in [0.5, 0.6) is 0 Å². The fourth-order valence-electron chi connectivity index (χ4n) is 1.71. The van der Waals surface area contributed by atoms with Crippen molar-refractivity contribution in [2.45, 2.75) is 11.5 Å². The molecule has 0 spiro atoms. The summed E-state index contributed by atoms with van der Waals surface area (Å²) < 4.78 is 7.33. The zero-order valence-electron chi connectivity index (χ0n) is 9.24. The number of fused-ring (bicyclic) bond motifs is 1. The molecule has 3 heterocycles. The summed E-state index contributed by atoms with van der Waals surface area (Å²) in [7, 11) is 0. The first-order valence-corrected chi connectivity index (χ1v) is 6.60. The quantitative estimate of drug-likeness (QED) is 0.705. The lowest BCUT2D eigenvalue weighted by Gasteiger charge is -1.95. The maximum absolute atomic E-state index is 5.28. The number of imidazole rings is 1. The van der Waals surface area contributed by atoms with E-state index in [0.717, 1.165) is 28.6 Å². The van der Waals surface area contributed by atoms with Crippen LogP contribution in [0.3, 0.4) is 0 Å². The minimum atomic E-state index is 0.890. The van der Waals surface area contributed by atoms with Gasteiger partial charge in [-0.1, -0.05) is 6.07 Å². The highest BCUT2D eigenvalue weighted by Crippen LogP contribution is 2.17. The summed E-state index contributed by atoms with van der Waals surface area (Å²) in [5.41, 5.74) is 2.11. The van der Waals surface area contributed by atoms with Crippen LogP contribution in [0, 0.1) is 0 Å². The smallest absolute Gasteiger partial charge is 0.137 e.